The molecule has 1 aliphatic rings. The maximum atomic E-state index is 12.2. The van der Waals surface area contributed by atoms with Crippen molar-refractivity contribution < 1.29 is 19.1 Å². The summed E-state index contributed by atoms with van der Waals surface area (Å²) in [5.41, 5.74) is 0.791. The van der Waals surface area contributed by atoms with Crippen LogP contribution in [0.5, 0.6) is 0 Å². The van der Waals surface area contributed by atoms with Crippen molar-refractivity contribution in [3.8, 4) is 0 Å². The number of ether oxygens (including phenoxy) is 1. The molecule has 1 aliphatic carbocycles. The van der Waals surface area contributed by atoms with Crippen LogP contribution >= 0.6 is 11.8 Å². The molecule has 0 unspecified atom stereocenters. The number of thioether (sulfide) groups is 1. The Hall–Kier alpha value is -2.80. The fourth-order valence-corrected chi connectivity index (χ4v) is 3.03. The molecule has 3 rings (SSSR count). The van der Waals surface area contributed by atoms with Crippen LogP contribution in [0.2, 0.25) is 0 Å². The average molecular weight is 384 g/mol. The Kier molecular flexibility index (Phi) is 6.49. The molecule has 0 saturated heterocycles. The molecule has 0 atom stereocenters. The molecule has 0 radical (unpaired) electrons. The summed E-state index contributed by atoms with van der Waals surface area (Å²) in [5.74, 6) is -1.05. The van der Waals surface area contributed by atoms with Gasteiger partial charge >= 0.3 is 5.97 Å². The highest BCUT2D eigenvalue weighted by Crippen LogP contribution is 2.21. The van der Waals surface area contributed by atoms with Gasteiger partial charge in [0.1, 0.15) is 0 Å². The summed E-state index contributed by atoms with van der Waals surface area (Å²) in [6.45, 7) is -0.396. The third kappa shape index (κ3) is 6.14. The summed E-state index contributed by atoms with van der Waals surface area (Å²) in [6.07, 6.45) is 1.97. The number of esters is 1. The smallest absolute Gasteiger partial charge is 0.316 e. The highest BCUT2D eigenvalue weighted by molar-refractivity contribution is 8.00. The van der Waals surface area contributed by atoms with Crippen LogP contribution in [0.1, 0.15) is 23.2 Å². The molecule has 0 bridgehead atoms. The highest BCUT2D eigenvalue weighted by Gasteiger charge is 2.25. The van der Waals surface area contributed by atoms with Crippen LogP contribution in [0.15, 0.2) is 59.5 Å². The number of carbonyl (C=O) groups is 3. The van der Waals surface area contributed by atoms with Crippen molar-refractivity contribution >= 4 is 35.2 Å². The molecular weight excluding hydrogens is 364 g/mol. The molecule has 2 aromatic carbocycles. The standard InChI is InChI=1S/C20H20N2O4S/c23-18(12-26-19(24)13-27-15-6-2-1-3-7-15)22-17-9-5-4-8-16(17)20(25)21-14-10-11-14/h1-9,14H,10-13H2,(H,21,25)(H,22,23). The van der Waals surface area contributed by atoms with Crippen molar-refractivity contribution in [2.75, 3.05) is 17.7 Å². The third-order valence-electron chi connectivity index (χ3n) is 3.82. The van der Waals surface area contributed by atoms with Gasteiger partial charge in [-0.15, -0.1) is 11.8 Å². The van der Waals surface area contributed by atoms with E-state index in [2.05, 4.69) is 10.6 Å². The van der Waals surface area contributed by atoms with E-state index in [0.29, 0.717) is 11.3 Å². The Balaban J connectivity index is 1.46. The van der Waals surface area contributed by atoms with Gasteiger partial charge in [-0.3, -0.25) is 14.4 Å². The van der Waals surface area contributed by atoms with E-state index in [9.17, 15) is 14.4 Å². The van der Waals surface area contributed by atoms with Crippen LogP contribution in [0.25, 0.3) is 0 Å². The molecule has 0 heterocycles. The van der Waals surface area contributed by atoms with Gasteiger partial charge < -0.3 is 15.4 Å². The van der Waals surface area contributed by atoms with Gasteiger partial charge in [0.05, 0.1) is 17.0 Å². The van der Waals surface area contributed by atoms with Crippen LogP contribution in [0.3, 0.4) is 0 Å². The lowest BCUT2D eigenvalue weighted by Gasteiger charge is -2.11. The quantitative estimate of drug-likeness (QED) is 0.540. The second kappa shape index (κ2) is 9.23. The predicted molar refractivity (Wildman–Crippen MR) is 104 cm³/mol. The second-order valence-corrected chi connectivity index (χ2v) is 7.15. The second-order valence-electron chi connectivity index (χ2n) is 6.10. The van der Waals surface area contributed by atoms with E-state index in [1.165, 1.54) is 11.8 Å². The molecule has 2 N–H and O–H groups in total. The first-order valence-electron chi connectivity index (χ1n) is 8.65. The molecule has 0 spiro atoms. The third-order valence-corrected chi connectivity index (χ3v) is 4.81. The fraction of sp³-hybridized carbons (Fsp3) is 0.250. The van der Waals surface area contributed by atoms with Gasteiger partial charge in [-0.05, 0) is 37.1 Å². The van der Waals surface area contributed by atoms with Crippen LogP contribution in [0, 0.1) is 0 Å². The van der Waals surface area contributed by atoms with Crippen LogP contribution < -0.4 is 10.6 Å². The van der Waals surface area contributed by atoms with Crippen molar-refractivity contribution in [2.24, 2.45) is 0 Å². The Morgan fingerprint density at radius 3 is 2.44 bits per heavy atom. The normalized spacial score (nSPS) is 12.9. The number of carbonyl (C=O) groups excluding carboxylic acids is 3. The van der Waals surface area contributed by atoms with E-state index in [1.807, 2.05) is 30.3 Å². The number of rotatable bonds is 8. The molecule has 1 fully saturated rings. The van der Waals surface area contributed by atoms with Gasteiger partial charge in [0.25, 0.3) is 11.8 Å². The molecule has 7 heteroatoms. The average Bonchev–Trinajstić information content (AvgIpc) is 3.50. The largest absolute Gasteiger partial charge is 0.455 e. The Morgan fingerprint density at radius 1 is 1.00 bits per heavy atom. The molecule has 140 valence electrons. The van der Waals surface area contributed by atoms with E-state index in [-0.39, 0.29) is 17.7 Å². The fourth-order valence-electron chi connectivity index (χ4n) is 2.31. The summed E-state index contributed by atoms with van der Waals surface area (Å²) in [7, 11) is 0. The van der Waals surface area contributed by atoms with Gasteiger partial charge in [-0.25, -0.2) is 0 Å². The molecule has 6 nitrogen and oxygen atoms in total. The minimum atomic E-state index is -0.486. The lowest BCUT2D eigenvalue weighted by Crippen LogP contribution is -2.28. The first kappa shape index (κ1) is 19.0. The summed E-state index contributed by atoms with van der Waals surface area (Å²) in [4.78, 5) is 37.0. The Bertz CT molecular complexity index is 822. The monoisotopic (exact) mass is 384 g/mol. The lowest BCUT2D eigenvalue weighted by molar-refractivity contribution is -0.144. The van der Waals surface area contributed by atoms with E-state index in [4.69, 9.17) is 4.74 Å². The Morgan fingerprint density at radius 2 is 1.70 bits per heavy atom. The van der Waals surface area contributed by atoms with E-state index < -0.39 is 18.5 Å². The molecular formula is C20H20N2O4S. The maximum Gasteiger partial charge on any atom is 0.316 e. The van der Waals surface area contributed by atoms with Crippen molar-refractivity contribution in [1.29, 1.82) is 0 Å². The highest BCUT2D eigenvalue weighted by atomic mass is 32.2. The van der Waals surface area contributed by atoms with Crippen molar-refractivity contribution in [3.05, 3.63) is 60.2 Å². The van der Waals surface area contributed by atoms with Crippen LogP contribution in [-0.2, 0) is 14.3 Å². The summed E-state index contributed by atoms with van der Waals surface area (Å²) in [5, 5.41) is 5.52. The van der Waals surface area contributed by atoms with Crippen molar-refractivity contribution in [2.45, 2.75) is 23.8 Å². The number of para-hydroxylation sites is 1. The molecule has 1 saturated carbocycles. The van der Waals surface area contributed by atoms with Crippen LogP contribution in [0.4, 0.5) is 5.69 Å². The van der Waals surface area contributed by atoms with Gasteiger partial charge in [0, 0.05) is 10.9 Å². The molecule has 27 heavy (non-hydrogen) atoms. The minimum Gasteiger partial charge on any atom is -0.455 e. The first-order valence-corrected chi connectivity index (χ1v) is 9.63. The zero-order valence-corrected chi connectivity index (χ0v) is 15.5. The maximum absolute atomic E-state index is 12.2. The van der Waals surface area contributed by atoms with Crippen molar-refractivity contribution in [1.82, 2.24) is 5.32 Å². The summed E-state index contributed by atoms with van der Waals surface area (Å²) < 4.78 is 5.00. The predicted octanol–water partition coefficient (Wildman–Crippen LogP) is 2.85. The number of amides is 2. The number of benzene rings is 2. The number of hydrogen-bond acceptors (Lipinski definition) is 5. The Labute approximate surface area is 161 Å². The molecule has 0 aromatic heterocycles. The van der Waals surface area contributed by atoms with Gasteiger partial charge in [0.2, 0.25) is 0 Å². The molecule has 0 aliphatic heterocycles. The van der Waals surface area contributed by atoms with Gasteiger partial charge in [-0.1, -0.05) is 30.3 Å². The van der Waals surface area contributed by atoms with Gasteiger partial charge in [0.15, 0.2) is 6.61 Å². The first-order chi connectivity index (χ1) is 13.1. The topological polar surface area (TPSA) is 84.5 Å². The number of hydrogen-bond donors (Lipinski definition) is 2. The van der Waals surface area contributed by atoms with Crippen molar-refractivity contribution in [3.63, 3.8) is 0 Å². The SMILES string of the molecule is O=C(COC(=O)CSc1ccccc1)Nc1ccccc1C(=O)NC1CC1. The van der Waals surface area contributed by atoms with Gasteiger partial charge in [-0.2, -0.15) is 0 Å². The van der Waals surface area contributed by atoms with E-state index >= 15 is 0 Å². The molecule has 2 aromatic rings. The lowest BCUT2D eigenvalue weighted by atomic mass is 10.1. The zero-order valence-electron chi connectivity index (χ0n) is 14.6. The number of anilines is 1. The number of nitrogens with one attached hydrogen (secondary N) is 2. The van der Waals surface area contributed by atoms with E-state index in [1.54, 1.807) is 24.3 Å². The minimum absolute atomic E-state index is 0.123. The van der Waals surface area contributed by atoms with E-state index in [0.717, 1.165) is 17.7 Å². The summed E-state index contributed by atoms with van der Waals surface area (Å²) >= 11 is 1.34. The zero-order chi connectivity index (χ0) is 19.1. The van der Waals surface area contributed by atoms with Crippen LogP contribution in [-0.4, -0.2) is 36.2 Å². The molecule has 2 amide bonds. The summed E-state index contributed by atoms with van der Waals surface area (Å²) in [6, 6.07) is 16.4.